The molecule has 0 saturated carbocycles. The Kier molecular flexibility index (Phi) is 5.46. The minimum absolute atomic E-state index is 0.343. The number of unbranched alkanes of at least 4 members (excludes halogenated alkanes) is 3. The predicted molar refractivity (Wildman–Crippen MR) is 61.0 cm³/mol. The highest BCUT2D eigenvalue weighted by Crippen LogP contribution is 2.12. The molecular weight excluding hydrogens is 196 g/mol. The highest BCUT2D eigenvalue weighted by Gasteiger charge is 1.94. The van der Waals surface area contributed by atoms with Crippen LogP contribution >= 0.6 is 11.6 Å². The highest BCUT2D eigenvalue weighted by atomic mass is 35.5. The Labute approximate surface area is 90.7 Å². The summed E-state index contributed by atoms with van der Waals surface area (Å²) in [4.78, 5) is 0. The van der Waals surface area contributed by atoms with Gasteiger partial charge in [-0.15, -0.1) is 11.6 Å². The molecule has 0 fully saturated rings. The van der Waals surface area contributed by atoms with E-state index in [1.165, 1.54) is 24.8 Å². The zero-order valence-corrected chi connectivity index (χ0v) is 9.13. The van der Waals surface area contributed by atoms with Gasteiger partial charge in [-0.25, -0.2) is 0 Å². The van der Waals surface area contributed by atoms with E-state index in [0.717, 1.165) is 18.7 Å². The third-order valence-electron chi connectivity index (χ3n) is 2.29. The summed E-state index contributed by atoms with van der Waals surface area (Å²) in [7, 11) is 0. The fourth-order valence-electron chi connectivity index (χ4n) is 1.44. The molecule has 0 aromatic heterocycles. The van der Waals surface area contributed by atoms with Crippen LogP contribution in [0.5, 0.6) is 5.75 Å². The lowest BCUT2D eigenvalue weighted by Crippen LogP contribution is -1.85. The average molecular weight is 213 g/mol. The first kappa shape index (κ1) is 11.4. The average Bonchev–Trinajstić information content (AvgIpc) is 2.21. The molecule has 0 bridgehead atoms. The number of phenols is 1. The van der Waals surface area contributed by atoms with Crippen molar-refractivity contribution in [3.8, 4) is 5.75 Å². The van der Waals surface area contributed by atoms with Crippen LogP contribution in [0, 0.1) is 0 Å². The summed E-state index contributed by atoms with van der Waals surface area (Å²) in [6, 6.07) is 7.45. The van der Waals surface area contributed by atoms with E-state index >= 15 is 0 Å². The second-order valence-corrected chi connectivity index (χ2v) is 3.90. The summed E-state index contributed by atoms with van der Waals surface area (Å²) in [5.74, 6) is 1.12. The molecule has 1 nitrogen and oxygen atoms in total. The van der Waals surface area contributed by atoms with Gasteiger partial charge >= 0.3 is 0 Å². The van der Waals surface area contributed by atoms with E-state index in [1.54, 1.807) is 12.1 Å². The van der Waals surface area contributed by atoms with Crippen molar-refractivity contribution in [2.45, 2.75) is 32.1 Å². The zero-order chi connectivity index (χ0) is 10.2. The van der Waals surface area contributed by atoms with Crippen LogP contribution in [0.3, 0.4) is 0 Å². The van der Waals surface area contributed by atoms with Crippen molar-refractivity contribution in [2.75, 3.05) is 5.88 Å². The molecule has 1 N–H and O–H groups in total. The van der Waals surface area contributed by atoms with Crippen molar-refractivity contribution in [2.24, 2.45) is 0 Å². The summed E-state index contributed by atoms with van der Waals surface area (Å²) < 4.78 is 0. The van der Waals surface area contributed by atoms with Crippen molar-refractivity contribution >= 4 is 11.6 Å². The molecule has 0 aliphatic carbocycles. The van der Waals surface area contributed by atoms with Crippen LogP contribution in [-0.2, 0) is 6.42 Å². The van der Waals surface area contributed by atoms with Crippen molar-refractivity contribution in [1.29, 1.82) is 0 Å². The first-order valence-electron chi connectivity index (χ1n) is 5.17. The Morgan fingerprint density at radius 2 is 1.57 bits per heavy atom. The Balaban J connectivity index is 2.15. The molecule has 0 aliphatic heterocycles. The molecule has 1 aromatic carbocycles. The lowest BCUT2D eigenvalue weighted by Gasteiger charge is -2.01. The molecule has 78 valence electrons. The summed E-state index contributed by atoms with van der Waals surface area (Å²) in [5, 5.41) is 9.08. The quantitative estimate of drug-likeness (QED) is 0.563. The van der Waals surface area contributed by atoms with Crippen molar-refractivity contribution < 1.29 is 5.11 Å². The molecule has 0 radical (unpaired) electrons. The lowest BCUT2D eigenvalue weighted by molar-refractivity contribution is 0.475. The topological polar surface area (TPSA) is 20.2 Å². The molecule has 0 heterocycles. The fraction of sp³-hybridized carbons (Fsp3) is 0.500. The number of hydrogen-bond acceptors (Lipinski definition) is 1. The molecule has 14 heavy (non-hydrogen) atoms. The Bertz CT molecular complexity index is 243. The molecule has 0 unspecified atom stereocenters. The second-order valence-electron chi connectivity index (χ2n) is 3.52. The Hall–Kier alpha value is -0.690. The van der Waals surface area contributed by atoms with Crippen LogP contribution < -0.4 is 0 Å². The van der Waals surface area contributed by atoms with E-state index in [1.807, 2.05) is 12.1 Å². The lowest BCUT2D eigenvalue weighted by atomic mass is 10.1. The minimum atomic E-state index is 0.343. The number of aromatic hydroxyl groups is 1. The third kappa shape index (κ3) is 4.52. The number of hydrogen-bond donors (Lipinski definition) is 1. The molecule has 0 atom stereocenters. The maximum atomic E-state index is 9.08. The Morgan fingerprint density at radius 3 is 2.21 bits per heavy atom. The molecule has 1 aromatic rings. The van der Waals surface area contributed by atoms with Crippen LogP contribution in [0.25, 0.3) is 0 Å². The number of phenolic OH excluding ortho intramolecular Hbond substituents is 1. The third-order valence-corrected chi connectivity index (χ3v) is 2.55. The number of halogens is 1. The van der Waals surface area contributed by atoms with Gasteiger partial charge in [0.25, 0.3) is 0 Å². The first-order chi connectivity index (χ1) is 6.83. The zero-order valence-electron chi connectivity index (χ0n) is 8.38. The summed E-state index contributed by atoms with van der Waals surface area (Å²) in [6.07, 6.45) is 5.90. The van der Waals surface area contributed by atoms with Gasteiger partial charge in [-0.3, -0.25) is 0 Å². The highest BCUT2D eigenvalue weighted by molar-refractivity contribution is 6.17. The van der Waals surface area contributed by atoms with Gasteiger partial charge in [0, 0.05) is 5.88 Å². The molecule has 1 rings (SSSR count). The largest absolute Gasteiger partial charge is 0.508 e. The maximum Gasteiger partial charge on any atom is 0.115 e. The Morgan fingerprint density at radius 1 is 0.929 bits per heavy atom. The van der Waals surface area contributed by atoms with E-state index in [-0.39, 0.29) is 0 Å². The van der Waals surface area contributed by atoms with Crippen molar-refractivity contribution in [1.82, 2.24) is 0 Å². The second kappa shape index (κ2) is 6.72. The number of benzene rings is 1. The molecule has 0 amide bonds. The van der Waals surface area contributed by atoms with Gasteiger partial charge in [-0.05, 0) is 37.0 Å². The van der Waals surface area contributed by atoms with Crippen LogP contribution in [0.1, 0.15) is 31.2 Å². The van der Waals surface area contributed by atoms with Gasteiger partial charge in [-0.2, -0.15) is 0 Å². The smallest absolute Gasteiger partial charge is 0.115 e. The minimum Gasteiger partial charge on any atom is -0.508 e. The van der Waals surface area contributed by atoms with Gasteiger partial charge in [0.2, 0.25) is 0 Å². The molecule has 2 heteroatoms. The van der Waals surface area contributed by atoms with Gasteiger partial charge in [0.1, 0.15) is 5.75 Å². The fourth-order valence-corrected chi connectivity index (χ4v) is 1.63. The number of aryl methyl sites for hydroxylation is 1. The summed E-state index contributed by atoms with van der Waals surface area (Å²) in [5.41, 5.74) is 1.30. The summed E-state index contributed by atoms with van der Waals surface area (Å²) >= 11 is 5.59. The van der Waals surface area contributed by atoms with Gasteiger partial charge in [0.15, 0.2) is 0 Å². The number of rotatable bonds is 6. The monoisotopic (exact) mass is 212 g/mol. The van der Waals surface area contributed by atoms with E-state index < -0.39 is 0 Å². The van der Waals surface area contributed by atoms with Crippen LogP contribution in [0.4, 0.5) is 0 Å². The normalized spacial score (nSPS) is 10.4. The molecule has 0 saturated heterocycles. The van der Waals surface area contributed by atoms with Crippen LogP contribution in [-0.4, -0.2) is 11.0 Å². The standard InChI is InChI=1S/C12H17ClO/c13-10-4-2-1-3-5-11-6-8-12(14)9-7-11/h6-9,14H,1-5,10H2. The van der Waals surface area contributed by atoms with Gasteiger partial charge in [-0.1, -0.05) is 25.0 Å². The molecular formula is C12H17ClO. The van der Waals surface area contributed by atoms with Crippen molar-refractivity contribution in [3.05, 3.63) is 29.8 Å². The van der Waals surface area contributed by atoms with E-state index in [0.29, 0.717) is 5.75 Å². The van der Waals surface area contributed by atoms with Crippen LogP contribution in [0.15, 0.2) is 24.3 Å². The number of alkyl halides is 1. The molecule has 0 aliphatic rings. The first-order valence-corrected chi connectivity index (χ1v) is 5.70. The maximum absolute atomic E-state index is 9.08. The van der Waals surface area contributed by atoms with Crippen LogP contribution in [0.2, 0.25) is 0 Å². The van der Waals surface area contributed by atoms with Gasteiger partial charge < -0.3 is 5.11 Å². The van der Waals surface area contributed by atoms with Gasteiger partial charge in [0.05, 0.1) is 0 Å². The van der Waals surface area contributed by atoms with E-state index in [9.17, 15) is 0 Å². The SMILES string of the molecule is Oc1ccc(CCCCCCCl)cc1. The van der Waals surface area contributed by atoms with E-state index in [2.05, 4.69) is 0 Å². The predicted octanol–water partition coefficient (Wildman–Crippen LogP) is 3.73. The summed E-state index contributed by atoms with van der Waals surface area (Å²) in [6.45, 7) is 0. The van der Waals surface area contributed by atoms with E-state index in [4.69, 9.17) is 16.7 Å². The van der Waals surface area contributed by atoms with Crippen molar-refractivity contribution in [3.63, 3.8) is 0 Å². The molecule has 0 spiro atoms.